The van der Waals surface area contributed by atoms with Crippen LogP contribution in [-0.4, -0.2) is 36.3 Å². The summed E-state index contributed by atoms with van der Waals surface area (Å²) in [5.41, 5.74) is 0.0797. The van der Waals surface area contributed by atoms with Gasteiger partial charge in [-0.25, -0.2) is 9.59 Å². The molecule has 1 aliphatic heterocycles. The minimum atomic E-state index is -0.653. The van der Waals surface area contributed by atoms with Crippen LogP contribution < -0.4 is 0 Å². The molecule has 3 rings (SSSR count). The SMILES string of the molecule is O=C(OC[C@@H]1O[C@@H](Cl)C[C@@H]1OC(=O)c1ccc(Cl)cc1)c1ccc(Cl)cc1. The van der Waals surface area contributed by atoms with Gasteiger partial charge in [0.05, 0.1) is 11.1 Å². The van der Waals surface area contributed by atoms with E-state index in [0.29, 0.717) is 27.6 Å². The molecule has 1 aliphatic rings. The standard InChI is InChI=1S/C19H15Cl3O5/c20-13-5-1-11(2-6-13)18(23)25-10-16-15(9-17(22)26-16)27-19(24)12-3-7-14(21)8-4-12/h1-8,15-17H,9-10H2/t15-,16-,17+/m0/s1. The van der Waals surface area contributed by atoms with Gasteiger partial charge in [-0.15, -0.1) is 0 Å². The van der Waals surface area contributed by atoms with Gasteiger partial charge in [0.1, 0.15) is 24.4 Å². The molecular formula is C19H15Cl3O5. The van der Waals surface area contributed by atoms with Crippen LogP contribution in [0.3, 0.4) is 0 Å². The first kappa shape index (κ1) is 20.0. The summed E-state index contributed by atoms with van der Waals surface area (Å²) in [6.45, 7) is -0.0940. The summed E-state index contributed by atoms with van der Waals surface area (Å²) in [7, 11) is 0. The van der Waals surface area contributed by atoms with Gasteiger partial charge >= 0.3 is 11.9 Å². The number of alkyl halides is 1. The summed E-state index contributed by atoms with van der Waals surface area (Å²) in [4.78, 5) is 24.4. The van der Waals surface area contributed by atoms with Gasteiger partial charge in [-0.3, -0.25) is 0 Å². The normalized spacial score (nSPS) is 21.7. The van der Waals surface area contributed by atoms with Gasteiger partial charge in [0, 0.05) is 16.5 Å². The fourth-order valence-electron chi connectivity index (χ4n) is 2.56. The Kier molecular flexibility index (Phi) is 6.60. The Morgan fingerprint density at radius 3 is 2.00 bits per heavy atom. The van der Waals surface area contributed by atoms with E-state index in [4.69, 9.17) is 49.0 Å². The highest BCUT2D eigenvalue weighted by Crippen LogP contribution is 2.27. The Hall–Kier alpha value is -1.79. The van der Waals surface area contributed by atoms with E-state index >= 15 is 0 Å². The van der Waals surface area contributed by atoms with Crippen molar-refractivity contribution in [2.45, 2.75) is 24.2 Å². The molecule has 0 saturated carbocycles. The van der Waals surface area contributed by atoms with Crippen molar-refractivity contribution in [1.29, 1.82) is 0 Å². The molecule has 3 atom stereocenters. The van der Waals surface area contributed by atoms with Crippen molar-refractivity contribution in [2.24, 2.45) is 0 Å². The van der Waals surface area contributed by atoms with Crippen LogP contribution in [0.2, 0.25) is 10.0 Å². The quantitative estimate of drug-likeness (QED) is 0.508. The second-order valence-corrected chi connectivity index (χ2v) is 7.24. The van der Waals surface area contributed by atoms with Gasteiger partial charge in [0.15, 0.2) is 0 Å². The number of esters is 2. The third-order valence-corrected chi connectivity index (χ3v) is 4.74. The predicted octanol–water partition coefficient (Wildman–Crippen LogP) is 4.73. The van der Waals surface area contributed by atoms with Crippen LogP contribution in [0, 0.1) is 0 Å². The molecule has 1 saturated heterocycles. The molecule has 0 spiro atoms. The largest absolute Gasteiger partial charge is 0.459 e. The highest BCUT2D eigenvalue weighted by atomic mass is 35.5. The maximum Gasteiger partial charge on any atom is 0.338 e. The first-order valence-electron chi connectivity index (χ1n) is 8.11. The van der Waals surface area contributed by atoms with E-state index in [-0.39, 0.29) is 6.61 Å². The molecule has 8 heteroatoms. The lowest BCUT2D eigenvalue weighted by molar-refractivity contribution is -0.0322. The van der Waals surface area contributed by atoms with Gasteiger partial charge in [0.25, 0.3) is 0 Å². The highest BCUT2D eigenvalue weighted by molar-refractivity contribution is 6.31. The van der Waals surface area contributed by atoms with Crippen molar-refractivity contribution in [3.05, 3.63) is 69.7 Å². The van der Waals surface area contributed by atoms with Crippen LogP contribution >= 0.6 is 34.8 Å². The molecule has 0 aliphatic carbocycles. The average Bonchev–Trinajstić information content (AvgIpc) is 3.00. The van der Waals surface area contributed by atoms with E-state index in [1.807, 2.05) is 0 Å². The topological polar surface area (TPSA) is 61.8 Å². The van der Waals surface area contributed by atoms with Crippen LogP contribution in [0.1, 0.15) is 27.1 Å². The third-order valence-electron chi connectivity index (χ3n) is 3.95. The minimum Gasteiger partial charge on any atom is -0.459 e. The van der Waals surface area contributed by atoms with E-state index in [1.54, 1.807) is 48.5 Å². The van der Waals surface area contributed by atoms with Gasteiger partial charge in [0.2, 0.25) is 0 Å². The fraction of sp³-hybridized carbons (Fsp3) is 0.263. The zero-order valence-corrected chi connectivity index (χ0v) is 16.2. The lowest BCUT2D eigenvalue weighted by Gasteiger charge is -2.19. The van der Waals surface area contributed by atoms with Crippen molar-refractivity contribution < 1.29 is 23.8 Å². The van der Waals surface area contributed by atoms with Crippen molar-refractivity contribution >= 4 is 46.7 Å². The molecular weight excluding hydrogens is 415 g/mol. The first-order valence-corrected chi connectivity index (χ1v) is 9.30. The van der Waals surface area contributed by atoms with Gasteiger partial charge in [-0.2, -0.15) is 0 Å². The summed E-state index contributed by atoms with van der Waals surface area (Å²) < 4.78 is 16.2. The number of halogens is 3. The number of carbonyl (C=O) groups excluding carboxylic acids is 2. The molecule has 0 amide bonds. The number of ether oxygens (including phenoxy) is 3. The number of rotatable bonds is 5. The lowest BCUT2D eigenvalue weighted by Crippen LogP contribution is -2.32. The maximum atomic E-state index is 12.3. The Bertz CT molecular complexity index is 807. The number of hydrogen-bond donors (Lipinski definition) is 0. The van der Waals surface area contributed by atoms with Crippen LogP contribution in [0.15, 0.2) is 48.5 Å². The zero-order valence-electron chi connectivity index (χ0n) is 13.9. The molecule has 5 nitrogen and oxygen atoms in total. The molecule has 0 aromatic heterocycles. The minimum absolute atomic E-state index is 0.0940. The van der Waals surface area contributed by atoms with Crippen molar-refractivity contribution in [3.63, 3.8) is 0 Å². The van der Waals surface area contributed by atoms with E-state index < -0.39 is 29.7 Å². The molecule has 1 heterocycles. The number of carbonyl (C=O) groups is 2. The van der Waals surface area contributed by atoms with Crippen LogP contribution in [-0.2, 0) is 14.2 Å². The molecule has 0 N–H and O–H groups in total. The number of benzene rings is 2. The fourth-order valence-corrected chi connectivity index (χ4v) is 3.12. The van der Waals surface area contributed by atoms with Gasteiger partial charge in [-0.05, 0) is 48.5 Å². The molecule has 2 aromatic rings. The first-order chi connectivity index (χ1) is 12.9. The van der Waals surface area contributed by atoms with E-state index in [2.05, 4.69) is 0 Å². The Labute approximate surface area is 171 Å². The molecule has 0 radical (unpaired) electrons. The summed E-state index contributed by atoms with van der Waals surface area (Å²) in [6, 6.07) is 12.6. The van der Waals surface area contributed by atoms with Crippen LogP contribution in [0.4, 0.5) is 0 Å². The van der Waals surface area contributed by atoms with Crippen molar-refractivity contribution in [3.8, 4) is 0 Å². The Morgan fingerprint density at radius 2 is 1.44 bits per heavy atom. The van der Waals surface area contributed by atoms with E-state index in [1.165, 1.54) is 0 Å². The van der Waals surface area contributed by atoms with E-state index in [9.17, 15) is 9.59 Å². The lowest BCUT2D eigenvalue weighted by atomic mass is 10.2. The van der Waals surface area contributed by atoms with Gasteiger partial charge < -0.3 is 14.2 Å². The summed E-state index contributed by atoms with van der Waals surface area (Å²) in [6.07, 6.45) is -0.988. The molecule has 1 fully saturated rings. The number of hydrogen-bond acceptors (Lipinski definition) is 5. The summed E-state index contributed by atoms with van der Waals surface area (Å²) >= 11 is 17.6. The Balaban J connectivity index is 1.58. The zero-order chi connectivity index (χ0) is 19.4. The molecule has 0 unspecified atom stereocenters. The van der Waals surface area contributed by atoms with E-state index in [0.717, 1.165) is 0 Å². The van der Waals surface area contributed by atoms with Crippen molar-refractivity contribution in [1.82, 2.24) is 0 Å². The second kappa shape index (κ2) is 8.93. The maximum absolute atomic E-state index is 12.3. The van der Waals surface area contributed by atoms with Gasteiger partial charge in [-0.1, -0.05) is 34.8 Å². The van der Waals surface area contributed by atoms with Crippen LogP contribution in [0.5, 0.6) is 0 Å². The monoisotopic (exact) mass is 428 g/mol. The molecule has 142 valence electrons. The predicted molar refractivity (Wildman–Crippen MR) is 102 cm³/mol. The second-order valence-electron chi connectivity index (χ2n) is 5.88. The smallest absolute Gasteiger partial charge is 0.338 e. The summed E-state index contributed by atoms with van der Waals surface area (Å²) in [5, 5.41) is 1.04. The molecule has 0 bridgehead atoms. The average molecular weight is 430 g/mol. The Morgan fingerprint density at radius 1 is 0.926 bits per heavy atom. The summed E-state index contributed by atoms with van der Waals surface area (Å²) in [5.74, 6) is -1.06. The van der Waals surface area contributed by atoms with Crippen LogP contribution in [0.25, 0.3) is 0 Å². The molecule has 2 aromatic carbocycles. The highest BCUT2D eigenvalue weighted by Gasteiger charge is 2.38. The molecule has 27 heavy (non-hydrogen) atoms. The van der Waals surface area contributed by atoms with Crippen molar-refractivity contribution in [2.75, 3.05) is 6.61 Å². The third kappa shape index (κ3) is 5.36.